The van der Waals surface area contributed by atoms with Crippen molar-refractivity contribution in [2.45, 2.75) is 13.2 Å². The van der Waals surface area contributed by atoms with Crippen molar-refractivity contribution in [1.82, 2.24) is 0 Å². The first-order valence-corrected chi connectivity index (χ1v) is 6.85. The molecule has 0 aliphatic rings. The number of phosphoric ester groups is 2. The van der Waals surface area contributed by atoms with Crippen molar-refractivity contribution in [3.63, 3.8) is 0 Å². The van der Waals surface area contributed by atoms with Crippen molar-refractivity contribution in [1.29, 1.82) is 0 Å². The zero-order valence-corrected chi connectivity index (χ0v) is 9.91. The Balaban J connectivity index is 4.78. The lowest BCUT2D eigenvalue weighted by atomic mass is 10.3. The summed E-state index contributed by atoms with van der Waals surface area (Å²) in [6, 6.07) is 0. The minimum Gasteiger partial charge on any atom is -0.392 e. The van der Waals surface area contributed by atoms with Crippen LogP contribution in [0.4, 0.5) is 0 Å². The van der Waals surface area contributed by atoms with Crippen LogP contribution in [0.1, 0.15) is 6.92 Å². The molecule has 0 spiro atoms. The van der Waals surface area contributed by atoms with Crippen LogP contribution in [0.3, 0.4) is 0 Å². The molecule has 0 aliphatic carbocycles. The molecule has 0 radical (unpaired) electrons. The van der Waals surface area contributed by atoms with E-state index in [1.807, 2.05) is 0 Å². The molecular weight excluding hydrogens is 266 g/mol. The molecule has 0 rings (SSSR count). The molecule has 0 unspecified atom stereocenters. The fourth-order valence-corrected chi connectivity index (χ4v) is 1.45. The summed E-state index contributed by atoms with van der Waals surface area (Å²) in [4.78, 5) is 33.7. The SMILES string of the molecule is CC(=CC(OP(=O)(O)O)OP(=O)(O)O)CO. The van der Waals surface area contributed by atoms with E-state index in [-0.39, 0.29) is 5.57 Å². The summed E-state index contributed by atoms with van der Waals surface area (Å²) in [5, 5.41) is 8.61. The van der Waals surface area contributed by atoms with Gasteiger partial charge in [0.25, 0.3) is 0 Å². The van der Waals surface area contributed by atoms with Crippen molar-refractivity contribution in [3.05, 3.63) is 11.6 Å². The van der Waals surface area contributed by atoms with Gasteiger partial charge in [-0.3, -0.25) is 9.05 Å². The molecule has 0 aromatic rings. The lowest BCUT2D eigenvalue weighted by molar-refractivity contribution is 0.000349. The van der Waals surface area contributed by atoms with Gasteiger partial charge in [0.05, 0.1) is 6.61 Å². The van der Waals surface area contributed by atoms with Crippen molar-refractivity contribution in [2.75, 3.05) is 6.61 Å². The first-order chi connectivity index (χ1) is 7.03. The minimum atomic E-state index is -4.97. The van der Waals surface area contributed by atoms with Gasteiger partial charge in [0.2, 0.25) is 0 Å². The van der Waals surface area contributed by atoms with Gasteiger partial charge in [0, 0.05) is 0 Å². The molecule has 5 N–H and O–H groups in total. The smallest absolute Gasteiger partial charge is 0.392 e. The monoisotopic (exact) mass is 278 g/mol. The zero-order valence-electron chi connectivity index (χ0n) is 8.13. The zero-order chi connectivity index (χ0) is 13.0. The molecule has 96 valence electrons. The van der Waals surface area contributed by atoms with Crippen LogP contribution in [-0.2, 0) is 18.2 Å². The second-order valence-electron chi connectivity index (χ2n) is 2.73. The van der Waals surface area contributed by atoms with E-state index < -0.39 is 28.5 Å². The van der Waals surface area contributed by atoms with E-state index >= 15 is 0 Å². The predicted molar refractivity (Wildman–Crippen MR) is 50.9 cm³/mol. The maximum absolute atomic E-state index is 10.4. The van der Waals surface area contributed by atoms with Crippen LogP contribution in [0.2, 0.25) is 0 Å². The molecule has 0 aromatic heterocycles. The highest BCUT2D eigenvalue weighted by Crippen LogP contribution is 2.44. The third-order valence-electron chi connectivity index (χ3n) is 1.15. The third kappa shape index (κ3) is 9.17. The fourth-order valence-electron chi connectivity index (χ4n) is 0.636. The van der Waals surface area contributed by atoms with Crippen molar-refractivity contribution < 1.29 is 42.9 Å². The maximum Gasteiger partial charge on any atom is 0.472 e. The Hall–Kier alpha value is -0.0800. The summed E-state index contributed by atoms with van der Waals surface area (Å²) in [5.74, 6) is 0. The molecule has 0 fully saturated rings. The van der Waals surface area contributed by atoms with Gasteiger partial charge in [-0.25, -0.2) is 9.13 Å². The Labute approximate surface area is 90.8 Å². The Morgan fingerprint density at radius 3 is 1.81 bits per heavy atom. The van der Waals surface area contributed by atoms with Gasteiger partial charge in [-0.1, -0.05) is 0 Å². The van der Waals surface area contributed by atoms with E-state index in [2.05, 4.69) is 9.05 Å². The van der Waals surface area contributed by atoms with E-state index in [0.717, 1.165) is 6.08 Å². The standard InChI is InChI=1S/C5H12O9P2/c1-4(3-6)2-5(13-15(7,8)9)14-16(10,11)12/h2,5-6H,3H2,1H3,(H2,7,8,9)(H2,10,11,12). The lowest BCUT2D eigenvalue weighted by Gasteiger charge is -2.16. The first-order valence-electron chi connectivity index (χ1n) is 3.79. The van der Waals surface area contributed by atoms with Gasteiger partial charge in [-0.2, -0.15) is 0 Å². The molecule has 16 heavy (non-hydrogen) atoms. The van der Waals surface area contributed by atoms with Crippen molar-refractivity contribution in [3.8, 4) is 0 Å². The van der Waals surface area contributed by atoms with Crippen LogP contribution in [0.5, 0.6) is 0 Å². The average molecular weight is 278 g/mol. The average Bonchev–Trinajstić information content (AvgIpc) is 1.97. The third-order valence-corrected chi connectivity index (χ3v) is 2.12. The quantitative estimate of drug-likeness (QED) is 0.245. The second kappa shape index (κ2) is 6.02. The number of aliphatic hydroxyl groups is 1. The summed E-state index contributed by atoms with van der Waals surface area (Å²) in [5.41, 5.74) is 0.159. The molecule has 0 amide bonds. The Morgan fingerprint density at radius 1 is 1.19 bits per heavy atom. The van der Waals surface area contributed by atoms with Crippen LogP contribution in [-0.4, -0.2) is 37.6 Å². The van der Waals surface area contributed by atoms with Gasteiger partial charge in [0.15, 0.2) is 6.29 Å². The van der Waals surface area contributed by atoms with E-state index in [0.29, 0.717) is 0 Å². The highest BCUT2D eigenvalue weighted by molar-refractivity contribution is 7.47. The topological polar surface area (TPSA) is 154 Å². The predicted octanol–water partition coefficient (Wildman–Crippen LogP) is -0.530. The Bertz CT molecular complexity index is 314. The normalized spacial score (nSPS) is 14.6. The molecule has 0 bridgehead atoms. The fraction of sp³-hybridized carbons (Fsp3) is 0.600. The summed E-state index contributed by atoms with van der Waals surface area (Å²) >= 11 is 0. The van der Waals surface area contributed by atoms with Crippen LogP contribution in [0.15, 0.2) is 11.6 Å². The number of rotatable bonds is 6. The molecule has 0 saturated heterocycles. The van der Waals surface area contributed by atoms with Gasteiger partial charge < -0.3 is 24.7 Å². The molecular formula is C5H12O9P2. The van der Waals surface area contributed by atoms with E-state index in [9.17, 15) is 9.13 Å². The summed E-state index contributed by atoms with van der Waals surface area (Å²) in [6.45, 7) is 0.866. The molecule has 0 saturated carbocycles. The largest absolute Gasteiger partial charge is 0.472 e. The van der Waals surface area contributed by atoms with Crippen LogP contribution < -0.4 is 0 Å². The van der Waals surface area contributed by atoms with Gasteiger partial charge in [-0.05, 0) is 18.6 Å². The van der Waals surface area contributed by atoms with Gasteiger partial charge >= 0.3 is 15.6 Å². The number of phosphoric acid groups is 2. The highest BCUT2D eigenvalue weighted by Gasteiger charge is 2.27. The first kappa shape index (κ1) is 15.9. The Kier molecular flexibility index (Phi) is 5.99. The Morgan fingerprint density at radius 2 is 1.56 bits per heavy atom. The molecule has 0 atom stereocenters. The molecule has 11 heteroatoms. The number of hydrogen-bond donors (Lipinski definition) is 5. The van der Waals surface area contributed by atoms with E-state index in [1.54, 1.807) is 0 Å². The summed E-state index contributed by atoms with van der Waals surface area (Å²) in [7, 11) is -9.94. The van der Waals surface area contributed by atoms with E-state index in [1.165, 1.54) is 6.92 Å². The van der Waals surface area contributed by atoms with Gasteiger partial charge in [0.1, 0.15) is 0 Å². The van der Waals surface area contributed by atoms with Gasteiger partial charge in [-0.15, -0.1) is 0 Å². The number of aliphatic hydroxyl groups excluding tert-OH is 1. The number of hydrogen-bond acceptors (Lipinski definition) is 5. The minimum absolute atomic E-state index is 0.159. The van der Waals surface area contributed by atoms with E-state index in [4.69, 9.17) is 24.7 Å². The van der Waals surface area contributed by atoms with Crippen LogP contribution in [0.25, 0.3) is 0 Å². The summed E-state index contributed by atoms with van der Waals surface area (Å²) < 4.78 is 28.8. The van der Waals surface area contributed by atoms with Crippen LogP contribution in [0, 0.1) is 0 Å². The second-order valence-corrected chi connectivity index (χ2v) is 5.12. The maximum atomic E-state index is 10.4. The molecule has 0 aliphatic heterocycles. The van der Waals surface area contributed by atoms with Crippen molar-refractivity contribution in [2.24, 2.45) is 0 Å². The summed E-state index contributed by atoms with van der Waals surface area (Å²) in [6.07, 6.45) is -1.12. The molecule has 0 heterocycles. The molecule has 9 nitrogen and oxygen atoms in total. The lowest BCUT2D eigenvalue weighted by Crippen LogP contribution is -2.13. The van der Waals surface area contributed by atoms with Crippen LogP contribution >= 0.6 is 15.6 Å². The highest BCUT2D eigenvalue weighted by atomic mass is 31.2. The van der Waals surface area contributed by atoms with Crippen molar-refractivity contribution >= 4 is 15.6 Å². The molecule has 0 aromatic carbocycles.